The minimum Gasteiger partial charge on any atom is -0.490 e. The zero-order valence-electron chi connectivity index (χ0n) is 19.5. The van der Waals surface area contributed by atoms with Crippen molar-refractivity contribution >= 4 is 33.7 Å². The van der Waals surface area contributed by atoms with E-state index >= 15 is 0 Å². The minimum absolute atomic E-state index is 0.0393. The second-order valence-electron chi connectivity index (χ2n) is 8.05. The van der Waals surface area contributed by atoms with Gasteiger partial charge < -0.3 is 24.4 Å². The van der Waals surface area contributed by atoms with Gasteiger partial charge in [0.25, 0.3) is 5.91 Å². The fourth-order valence-corrected chi connectivity index (χ4v) is 4.46. The highest BCUT2D eigenvalue weighted by molar-refractivity contribution is 9.10. The van der Waals surface area contributed by atoms with Crippen molar-refractivity contribution in [3.05, 3.63) is 58.1 Å². The summed E-state index contributed by atoms with van der Waals surface area (Å²) in [7, 11) is 0. The lowest BCUT2D eigenvalue weighted by Crippen LogP contribution is -2.60. The van der Waals surface area contributed by atoms with E-state index in [1.54, 1.807) is 19.1 Å². The zero-order valence-corrected chi connectivity index (χ0v) is 21.1. The molecule has 182 valence electrons. The minimum atomic E-state index is -0.957. The molecular formula is C25H29BrN2O6. The van der Waals surface area contributed by atoms with Crippen LogP contribution in [0.15, 0.2) is 46.9 Å². The maximum Gasteiger partial charge on any atom is 0.308 e. The molecule has 1 aliphatic heterocycles. The van der Waals surface area contributed by atoms with Crippen molar-refractivity contribution in [1.29, 1.82) is 0 Å². The van der Waals surface area contributed by atoms with Gasteiger partial charge in [-0.1, -0.05) is 34.1 Å². The number of nitrogens with one attached hydrogen (secondary N) is 1. The lowest BCUT2D eigenvalue weighted by atomic mass is 10.1. The van der Waals surface area contributed by atoms with E-state index in [-0.39, 0.29) is 38.0 Å². The maximum atomic E-state index is 13.2. The van der Waals surface area contributed by atoms with Crippen LogP contribution in [0.1, 0.15) is 24.5 Å². The summed E-state index contributed by atoms with van der Waals surface area (Å²) in [5, 5.41) is 2.71. The van der Waals surface area contributed by atoms with E-state index in [2.05, 4.69) is 21.2 Å². The van der Waals surface area contributed by atoms with Crippen LogP contribution >= 0.6 is 15.9 Å². The first-order valence-electron chi connectivity index (χ1n) is 11.1. The van der Waals surface area contributed by atoms with Gasteiger partial charge in [0.2, 0.25) is 5.91 Å². The molecular weight excluding hydrogens is 504 g/mol. The van der Waals surface area contributed by atoms with Gasteiger partial charge in [0.1, 0.15) is 30.8 Å². The van der Waals surface area contributed by atoms with Gasteiger partial charge in [0.15, 0.2) is 6.10 Å². The van der Waals surface area contributed by atoms with Crippen LogP contribution in [-0.2, 0) is 19.1 Å². The number of carbonyl (C=O) groups is 3. The van der Waals surface area contributed by atoms with E-state index < -0.39 is 18.1 Å². The van der Waals surface area contributed by atoms with Gasteiger partial charge >= 0.3 is 5.97 Å². The number of halogens is 1. The van der Waals surface area contributed by atoms with Gasteiger partial charge in [-0.25, -0.2) is 0 Å². The number of nitrogens with zero attached hydrogens (tertiary/aromatic N) is 1. The number of hydrogen-bond acceptors (Lipinski definition) is 6. The Bertz CT molecular complexity index is 1010. The van der Waals surface area contributed by atoms with Crippen LogP contribution in [0.3, 0.4) is 0 Å². The fourth-order valence-electron chi connectivity index (χ4n) is 3.77. The number of amides is 2. The van der Waals surface area contributed by atoms with Crippen molar-refractivity contribution in [3.8, 4) is 11.5 Å². The van der Waals surface area contributed by atoms with Crippen LogP contribution in [0.2, 0.25) is 0 Å². The predicted molar refractivity (Wildman–Crippen MR) is 130 cm³/mol. The smallest absolute Gasteiger partial charge is 0.308 e. The van der Waals surface area contributed by atoms with Crippen molar-refractivity contribution in [2.45, 2.75) is 39.3 Å². The van der Waals surface area contributed by atoms with Gasteiger partial charge in [-0.05, 0) is 56.2 Å². The predicted octanol–water partition coefficient (Wildman–Crippen LogP) is 3.17. The van der Waals surface area contributed by atoms with Gasteiger partial charge in [-0.15, -0.1) is 0 Å². The van der Waals surface area contributed by atoms with Gasteiger partial charge in [0, 0.05) is 17.6 Å². The molecule has 1 aliphatic rings. The molecule has 0 saturated carbocycles. The van der Waals surface area contributed by atoms with Crippen LogP contribution in [0, 0.1) is 13.8 Å². The second-order valence-corrected chi connectivity index (χ2v) is 8.97. The highest BCUT2D eigenvalue weighted by Crippen LogP contribution is 2.28. The summed E-state index contributed by atoms with van der Waals surface area (Å²) in [5.74, 6) is -0.0288. The van der Waals surface area contributed by atoms with Crippen molar-refractivity contribution in [1.82, 2.24) is 10.2 Å². The Labute approximate surface area is 207 Å². The molecule has 0 bridgehead atoms. The fraction of sp³-hybridized carbons (Fsp3) is 0.400. The topological polar surface area (TPSA) is 94.2 Å². The Hall–Kier alpha value is -3.07. The number of benzene rings is 2. The van der Waals surface area contributed by atoms with E-state index in [0.29, 0.717) is 18.0 Å². The van der Waals surface area contributed by atoms with Gasteiger partial charge in [-0.3, -0.25) is 14.4 Å². The van der Waals surface area contributed by atoms with E-state index in [1.165, 1.54) is 4.90 Å². The van der Waals surface area contributed by atoms with Gasteiger partial charge in [0.05, 0.1) is 6.42 Å². The summed E-state index contributed by atoms with van der Waals surface area (Å²) in [6, 6.07) is 12.0. The van der Waals surface area contributed by atoms with Crippen molar-refractivity contribution in [3.63, 3.8) is 0 Å². The van der Waals surface area contributed by atoms with E-state index in [1.807, 2.05) is 44.2 Å². The van der Waals surface area contributed by atoms with E-state index in [9.17, 15) is 14.4 Å². The summed E-state index contributed by atoms with van der Waals surface area (Å²) in [6.07, 6.45) is -1.08. The molecule has 3 rings (SSSR count). The second kappa shape index (κ2) is 11.9. The molecule has 2 amide bonds. The molecule has 0 radical (unpaired) electrons. The van der Waals surface area contributed by atoms with Crippen molar-refractivity contribution in [2.75, 3.05) is 26.3 Å². The number of hydrogen-bond donors (Lipinski definition) is 1. The molecule has 2 unspecified atom stereocenters. The van der Waals surface area contributed by atoms with Crippen LogP contribution in [-0.4, -0.2) is 61.1 Å². The number of carbonyl (C=O) groups excluding carboxylic acids is 3. The number of aryl methyl sites for hydroxylation is 2. The number of para-hydroxylation sites is 1. The number of esters is 1. The molecule has 1 heterocycles. The lowest BCUT2D eigenvalue weighted by Gasteiger charge is -2.36. The highest BCUT2D eigenvalue weighted by atomic mass is 79.9. The zero-order chi connectivity index (χ0) is 24.7. The summed E-state index contributed by atoms with van der Waals surface area (Å²) in [6.45, 7) is 6.27. The third kappa shape index (κ3) is 6.72. The molecule has 2 atom stereocenters. The monoisotopic (exact) mass is 532 g/mol. The summed E-state index contributed by atoms with van der Waals surface area (Å²) >= 11 is 3.45. The molecule has 0 spiro atoms. The Morgan fingerprint density at radius 3 is 2.50 bits per heavy atom. The first-order chi connectivity index (χ1) is 16.3. The average molecular weight is 533 g/mol. The number of ether oxygens (including phenoxy) is 3. The SMILES string of the molecule is Cc1cc(Br)cc(C)c1OC(C)C(=O)N1CCNC(=O)C1CC(=O)OCCOc1ccccc1. The number of piperazine rings is 1. The first kappa shape index (κ1) is 25.6. The third-order valence-corrected chi connectivity index (χ3v) is 5.86. The van der Waals surface area contributed by atoms with Crippen molar-refractivity contribution < 1.29 is 28.6 Å². The standard InChI is InChI=1S/C25H29BrN2O6/c1-16-13-19(26)14-17(2)23(16)34-18(3)25(31)28-10-9-27-24(30)21(28)15-22(29)33-12-11-32-20-7-5-4-6-8-20/h4-8,13-14,18,21H,9-12,15H2,1-3H3,(H,27,30). The Kier molecular flexibility index (Phi) is 8.92. The molecule has 2 aromatic carbocycles. The van der Waals surface area contributed by atoms with Crippen molar-refractivity contribution in [2.24, 2.45) is 0 Å². The Morgan fingerprint density at radius 1 is 1.15 bits per heavy atom. The molecule has 1 fully saturated rings. The molecule has 1 saturated heterocycles. The quantitative estimate of drug-likeness (QED) is 0.393. The molecule has 8 nitrogen and oxygen atoms in total. The lowest BCUT2D eigenvalue weighted by molar-refractivity contribution is -0.154. The average Bonchev–Trinajstić information content (AvgIpc) is 2.80. The third-order valence-electron chi connectivity index (χ3n) is 5.40. The van der Waals surface area contributed by atoms with Crippen LogP contribution < -0.4 is 14.8 Å². The first-order valence-corrected chi connectivity index (χ1v) is 11.9. The molecule has 9 heteroatoms. The normalized spacial score (nSPS) is 16.4. The Morgan fingerprint density at radius 2 is 1.82 bits per heavy atom. The van der Waals surface area contributed by atoms with E-state index in [4.69, 9.17) is 14.2 Å². The Balaban J connectivity index is 1.57. The van der Waals surface area contributed by atoms with E-state index in [0.717, 1.165) is 15.6 Å². The number of rotatable bonds is 9. The molecule has 1 N–H and O–H groups in total. The summed E-state index contributed by atoms with van der Waals surface area (Å²) in [4.78, 5) is 39.5. The van der Waals surface area contributed by atoms with Crippen LogP contribution in [0.5, 0.6) is 11.5 Å². The molecule has 0 aliphatic carbocycles. The largest absolute Gasteiger partial charge is 0.490 e. The molecule has 34 heavy (non-hydrogen) atoms. The van der Waals surface area contributed by atoms with Gasteiger partial charge in [-0.2, -0.15) is 0 Å². The summed E-state index contributed by atoms with van der Waals surface area (Å²) < 4.78 is 17.6. The molecule has 2 aromatic rings. The van der Waals surface area contributed by atoms with Crippen LogP contribution in [0.25, 0.3) is 0 Å². The maximum absolute atomic E-state index is 13.2. The summed E-state index contributed by atoms with van der Waals surface area (Å²) in [5.41, 5.74) is 1.78. The highest BCUT2D eigenvalue weighted by Gasteiger charge is 2.37. The van der Waals surface area contributed by atoms with Crippen LogP contribution in [0.4, 0.5) is 0 Å². The molecule has 0 aromatic heterocycles.